The van der Waals surface area contributed by atoms with Gasteiger partial charge >= 0.3 is 0 Å². The van der Waals surface area contributed by atoms with Gasteiger partial charge in [-0.2, -0.15) is 5.10 Å². The van der Waals surface area contributed by atoms with Crippen LogP contribution in [0.15, 0.2) is 53.3 Å². The van der Waals surface area contributed by atoms with Crippen LogP contribution >= 0.6 is 15.9 Å². The van der Waals surface area contributed by atoms with Gasteiger partial charge < -0.3 is 5.32 Å². The van der Waals surface area contributed by atoms with Crippen LogP contribution in [-0.4, -0.2) is 15.7 Å². The number of anilines is 1. The molecule has 1 aromatic heterocycles. The maximum Gasteiger partial charge on any atom is 0.255 e. The standard InChI is InChI=1S/C16H14BrN3O/c1-2-20-10-15(9-18-20)19-16(21)13-4-3-12-8-14(17)6-5-11(12)7-13/h3-10H,2H2,1H3,(H,19,21). The van der Waals surface area contributed by atoms with Crippen LogP contribution < -0.4 is 5.32 Å². The molecule has 0 radical (unpaired) electrons. The molecule has 5 heteroatoms. The number of amides is 1. The van der Waals surface area contributed by atoms with E-state index in [1.54, 1.807) is 10.9 Å². The lowest BCUT2D eigenvalue weighted by Gasteiger charge is -2.05. The van der Waals surface area contributed by atoms with Gasteiger partial charge in [-0.05, 0) is 42.0 Å². The summed E-state index contributed by atoms with van der Waals surface area (Å²) in [5.41, 5.74) is 1.34. The first-order valence-corrected chi connectivity index (χ1v) is 7.48. The smallest absolute Gasteiger partial charge is 0.255 e. The summed E-state index contributed by atoms with van der Waals surface area (Å²) >= 11 is 3.44. The molecule has 0 aliphatic heterocycles. The number of nitrogens with one attached hydrogen (secondary N) is 1. The fraction of sp³-hybridized carbons (Fsp3) is 0.125. The van der Waals surface area contributed by atoms with Gasteiger partial charge in [0.25, 0.3) is 5.91 Å². The van der Waals surface area contributed by atoms with Crippen LogP contribution in [0.4, 0.5) is 5.69 Å². The summed E-state index contributed by atoms with van der Waals surface area (Å²) in [5.74, 6) is -0.129. The van der Waals surface area contributed by atoms with Gasteiger partial charge in [0.15, 0.2) is 0 Å². The van der Waals surface area contributed by atoms with Gasteiger partial charge in [-0.1, -0.05) is 28.1 Å². The fourth-order valence-corrected chi connectivity index (χ4v) is 2.54. The number of rotatable bonds is 3. The maximum absolute atomic E-state index is 12.3. The van der Waals surface area contributed by atoms with Gasteiger partial charge in [0.1, 0.15) is 0 Å². The van der Waals surface area contributed by atoms with Crippen molar-refractivity contribution in [3.63, 3.8) is 0 Å². The Hall–Kier alpha value is -2.14. The molecule has 0 spiro atoms. The fourth-order valence-electron chi connectivity index (χ4n) is 2.16. The van der Waals surface area contributed by atoms with Crippen molar-refractivity contribution < 1.29 is 4.79 Å². The van der Waals surface area contributed by atoms with E-state index in [0.29, 0.717) is 11.3 Å². The zero-order valence-electron chi connectivity index (χ0n) is 11.5. The molecule has 1 N–H and O–H groups in total. The average Bonchev–Trinajstić information content (AvgIpc) is 2.94. The highest BCUT2D eigenvalue weighted by Gasteiger charge is 2.08. The Balaban J connectivity index is 1.85. The maximum atomic E-state index is 12.3. The quantitative estimate of drug-likeness (QED) is 0.779. The SMILES string of the molecule is CCn1cc(NC(=O)c2ccc3cc(Br)ccc3c2)cn1. The molecule has 1 amide bonds. The van der Waals surface area contributed by atoms with E-state index in [2.05, 4.69) is 26.3 Å². The van der Waals surface area contributed by atoms with Crippen molar-refractivity contribution in [1.82, 2.24) is 9.78 Å². The van der Waals surface area contributed by atoms with Crippen molar-refractivity contribution in [1.29, 1.82) is 0 Å². The molecule has 3 aromatic rings. The molecule has 0 aliphatic rings. The van der Waals surface area contributed by atoms with E-state index < -0.39 is 0 Å². The van der Waals surface area contributed by atoms with Gasteiger partial charge in [-0.25, -0.2) is 0 Å². The predicted octanol–water partition coefficient (Wildman–Crippen LogP) is 4.07. The number of aryl methyl sites for hydroxylation is 1. The molecule has 2 aromatic carbocycles. The molecule has 0 bridgehead atoms. The van der Waals surface area contributed by atoms with Crippen LogP contribution in [-0.2, 0) is 6.54 Å². The molecule has 0 saturated heterocycles. The third-order valence-corrected chi connectivity index (χ3v) is 3.77. The molecule has 21 heavy (non-hydrogen) atoms. The van der Waals surface area contributed by atoms with Crippen molar-refractivity contribution >= 4 is 38.3 Å². The Kier molecular flexibility index (Phi) is 3.75. The lowest BCUT2D eigenvalue weighted by molar-refractivity contribution is 0.102. The molecule has 3 rings (SSSR count). The second-order valence-electron chi connectivity index (χ2n) is 4.75. The van der Waals surface area contributed by atoms with Crippen molar-refractivity contribution in [3.8, 4) is 0 Å². The zero-order valence-corrected chi connectivity index (χ0v) is 13.1. The minimum atomic E-state index is -0.129. The molecular formula is C16H14BrN3O. The summed E-state index contributed by atoms with van der Waals surface area (Å²) in [5, 5.41) is 9.13. The van der Waals surface area contributed by atoms with E-state index in [4.69, 9.17) is 0 Å². The van der Waals surface area contributed by atoms with Crippen molar-refractivity contribution in [3.05, 3.63) is 58.8 Å². The van der Waals surface area contributed by atoms with Crippen LogP contribution in [0.3, 0.4) is 0 Å². The first kappa shape index (κ1) is 13.8. The molecular weight excluding hydrogens is 330 g/mol. The van der Waals surface area contributed by atoms with E-state index in [1.807, 2.05) is 49.5 Å². The highest BCUT2D eigenvalue weighted by atomic mass is 79.9. The Morgan fingerprint density at radius 3 is 2.76 bits per heavy atom. The van der Waals surface area contributed by atoms with Crippen LogP contribution in [0, 0.1) is 0 Å². The lowest BCUT2D eigenvalue weighted by atomic mass is 10.1. The first-order valence-electron chi connectivity index (χ1n) is 6.69. The number of hydrogen-bond donors (Lipinski definition) is 1. The Morgan fingerprint density at radius 1 is 1.24 bits per heavy atom. The van der Waals surface area contributed by atoms with E-state index >= 15 is 0 Å². The number of carbonyl (C=O) groups excluding carboxylic acids is 1. The van der Waals surface area contributed by atoms with Crippen molar-refractivity contribution in [2.24, 2.45) is 0 Å². The highest BCUT2D eigenvalue weighted by Crippen LogP contribution is 2.21. The number of fused-ring (bicyclic) bond motifs is 1. The average molecular weight is 344 g/mol. The molecule has 0 unspecified atom stereocenters. The molecule has 0 aliphatic carbocycles. The summed E-state index contributed by atoms with van der Waals surface area (Å²) in [4.78, 5) is 12.3. The van der Waals surface area contributed by atoms with Gasteiger partial charge in [-0.3, -0.25) is 9.48 Å². The highest BCUT2D eigenvalue weighted by molar-refractivity contribution is 9.10. The van der Waals surface area contributed by atoms with Gasteiger partial charge in [-0.15, -0.1) is 0 Å². The van der Waals surface area contributed by atoms with Gasteiger partial charge in [0.2, 0.25) is 0 Å². The summed E-state index contributed by atoms with van der Waals surface area (Å²) in [6.45, 7) is 2.78. The molecule has 1 heterocycles. The number of carbonyl (C=O) groups is 1. The molecule has 106 valence electrons. The number of benzene rings is 2. The molecule has 0 fully saturated rings. The first-order chi connectivity index (χ1) is 10.2. The monoisotopic (exact) mass is 343 g/mol. The largest absolute Gasteiger partial charge is 0.319 e. The van der Waals surface area contributed by atoms with E-state index in [0.717, 1.165) is 21.8 Å². The predicted molar refractivity (Wildman–Crippen MR) is 87.5 cm³/mol. The second kappa shape index (κ2) is 5.69. The zero-order chi connectivity index (χ0) is 14.8. The Morgan fingerprint density at radius 2 is 2.00 bits per heavy atom. The summed E-state index contributed by atoms with van der Waals surface area (Å²) < 4.78 is 2.80. The number of hydrogen-bond acceptors (Lipinski definition) is 2. The number of halogens is 1. The van der Waals surface area contributed by atoms with Crippen LogP contribution in [0.1, 0.15) is 17.3 Å². The third-order valence-electron chi connectivity index (χ3n) is 3.28. The Labute approximate surface area is 130 Å². The summed E-state index contributed by atoms with van der Waals surface area (Å²) in [7, 11) is 0. The number of nitrogens with zero attached hydrogens (tertiary/aromatic N) is 2. The summed E-state index contributed by atoms with van der Waals surface area (Å²) in [6, 6.07) is 11.7. The van der Waals surface area contributed by atoms with Gasteiger partial charge in [0.05, 0.1) is 11.9 Å². The Bertz CT molecular complexity index is 810. The summed E-state index contributed by atoms with van der Waals surface area (Å²) in [6.07, 6.45) is 3.47. The third kappa shape index (κ3) is 2.97. The number of aromatic nitrogens is 2. The van der Waals surface area contributed by atoms with Crippen molar-refractivity contribution in [2.75, 3.05) is 5.32 Å². The second-order valence-corrected chi connectivity index (χ2v) is 5.66. The topological polar surface area (TPSA) is 46.9 Å². The van der Waals surface area contributed by atoms with Crippen LogP contribution in [0.2, 0.25) is 0 Å². The van der Waals surface area contributed by atoms with Crippen LogP contribution in [0.5, 0.6) is 0 Å². The van der Waals surface area contributed by atoms with E-state index in [-0.39, 0.29) is 5.91 Å². The molecule has 0 atom stereocenters. The molecule has 0 saturated carbocycles. The molecule has 4 nitrogen and oxygen atoms in total. The van der Waals surface area contributed by atoms with E-state index in [1.165, 1.54) is 0 Å². The minimum Gasteiger partial charge on any atom is -0.319 e. The normalized spacial score (nSPS) is 10.8. The van der Waals surface area contributed by atoms with E-state index in [9.17, 15) is 4.79 Å². The van der Waals surface area contributed by atoms with Gasteiger partial charge in [0, 0.05) is 22.8 Å². The van der Waals surface area contributed by atoms with Crippen molar-refractivity contribution in [2.45, 2.75) is 13.5 Å². The minimum absolute atomic E-state index is 0.129. The van der Waals surface area contributed by atoms with Crippen LogP contribution in [0.25, 0.3) is 10.8 Å². The lowest BCUT2D eigenvalue weighted by Crippen LogP contribution is -2.11.